The maximum Gasteiger partial charge on any atom is 4.00 e. The summed E-state index contributed by atoms with van der Waals surface area (Å²) in [7, 11) is 0. The Morgan fingerprint density at radius 2 is 1.73 bits per heavy atom. The first-order chi connectivity index (χ1) is 11.1. The van der Waals surface area contributed by atoms with Crippen LogP contribution in [0.4, 0.5) is 0 Å². The van der Waals surface area contributed by atoms with E-state index in [0.29, 0.717) is 0 Å². The Balaban J connectivity index is 0.000000466. The molecule has 26 heavy (non-hydrogen) atoms. The molecule has 0 radical (unpaired) electrons. The summed E-state index contributed by atoms with van der Waals surface area (Å²) in [5, 5.41) is 6.72. The SMILES string of the molecule is Cc1c[c-](C)c(C)c1C.[Cl-].[Cl-].[Zr+4].c1ccc2[cH-]c(-n3cccn3)cc2c1. The number of benzene rings is 1. The van der Waals surface area contributed by atoms with Gasteiger partial charge < -0.3 is 24.8 Å². The Morgan fingerprint density at radius 3 is 2.19 bits per heavy atom. The fraction of sp³-hybridized carbons (Fsp3) is 0.190. The smallest absolute Gasteiger partial charge is 1.00 e. The molecule has 1 heterocycles. The first-order valence-corrected chi connectivity index (χ1v) is 7.92. The van der Waals surface area contributed by atoms with Gasteiger partial charge in [0.05, 0.1) is 0 Å². The molecule has 0 unspecified atom stereocenters. The Bertz CT molecular complexity index is 865. The van der Waals surface area contributed by atoms with Gasteiger partial charge in [0.25, 0.3) is 0 Å². The molecule has 5 heteroatoms. The van der Waals surface area contributed by atoms with Gasteiger partial charge in [-0.05, 0) is 11.8 Å². The van der Waals surface area contributed by atoms with Crippen LogP contribution in [0, 0.1) is 27.7 Å². The third kappa shape index (κ3) is 5.42. The normalized spacial score (nSPS) is 9.38. The zero-order valence-corrected chi connectivity index (χ0v) is 19.4. The van der Waals surface area contributed by atoms with Gasteiger partial charge >= 0.3 is 26.2 Å². The largest absolute Gasteiger partial charge is 4.00 e. The number of aromatic nitrogens is 2. The van der Waals surface area contributed by atoms with Crippen molar-refractivity contribution in [3.8, 4) is 5.69 Å². The van der Waals surface area contributed by atoms with E-state index in [9.17, 15) is 0 Å². The van der Waals surface area contributed by atoms with Crippen LogP contribution in [0.1, 0.15) is 22.3 Å². The van der Waals surface area contributed by atoms with E-state index in [-0.39, 0.29) is 51.0 Å². The van der Waals surface area contributed by atoms with Gasteiger partial charge in [-0.15, -0.1) is 41.1 Å². The van der Waals surface area contributed by atoms with Crippen LogP contribution in [0.5, 0.6) is 0 Å². The molecule has 0 bridgehead atoms. The minimum Gasteiger partial charge on any atom is -1.00 e. The van der Waals surface area contributed by atoms with Crippen LogP contribution in [0.15, 0.2) is 60.9 Å². The van der Waals surface area contributed by atoms with Gasteiger partial charge in [0, 0.05) is 12.4 Å². The molecule has 0 spiro atoms. The van der Waals surface area contributed by atoms with Gasteiger partial charge in [-0.3, -0.25) is 4.68 Å². The molecule has 3 aromatic carbocycles. The van der Waals surface area contributed by atoms with Gasteiger partial charge in [0.1, 0.15) is 0 Å². The van der Waals surface area contributed by atoms with E-state index in [4.69, 9.17) is 0 Å². The zero-order valence-electron chi connectivity index (χ0n) is 15.4. The van der Waals surface area contributed by atoms with Crippen LogP contribution in [0.3, 0.4) is 0 Å². The van der Waals surface area contributed by atoms with Crippen molar-refractivity contribution in [2.75, 3.05) is 0 Å². The van der Waals surface area contributed by atoms with Crippen LogP contribution in [0.2, 0.25) is 0 Å². The van der Waals surface area contributed by atoms with E-state index in [1.807, 2.05) is 16.9 Å². The van der Waals surface area contributed by atoms with Crippen molar-refractivity contribution >= 4 is 10.8 Å². The molecule has 0 fully saturated rings. The predicted molar refractivity (Wildman–Crippen MR) is 97.6 cm³/mol. The molecular formula is C21H22Cl2N2Zr. The molecule has 2 nitrogen and oxygen atoms in total. The van der Waals surface area contributed by atoms with Crippen molar-refractivity contribution in [1.82, 2.24) is 9.78 Å². The summed E-state index contributed by atoms with van der Waals surface area (Å²) in [6.07, 6.45) is 3.74. The third-order valence-corrected chi connectivity index (χ3v) is 4.55. The van der Waals surface area contributed by atoms with Gasteiger partial charge in [-0.2, -0.15) is 33.4 Å². The fourth-order valence-corrected chi connectivity index (χ4v) is 2.82. The summed E-state index contributed by atoms with van der Waals surface area (Å²) in [5.74, 6) is 0. The van der Waals surface area contributed by atoms with Crippen molar-refractivity contribution in [2.45, 2.75) is 27.7 Å². The first-order valence-electron chi connectivity index (χ1n) is 7.92. The number of hydrogen-bond acceptors (Lipinski definition) is 1. The number of fused-ring (bicyclic) bond motifs is 1. The average molecular weight is 465 g/mol. The van der Waals surface area contributed by atoms with Gasteiger partial charge in [0.15, 0.2) is 0 Å². The maximum atomic E-state index is 4.20. The predicted octanol–water partition coefficient (Wildman–Crippen LogP) is -0.611. The van der Waals surface area contributed by atoms with Crippen LogP contribution in [0.25, 0.3) is 16.5 Å². The van der Waals surface area contributed by atoms with Crippen LogP contribution in [-0.2, 0) is 26.2 Å². The molecule has 0 aliphatic carbocycles. The molecule has 0 N–H and O–H groups in total. The van der Waals surface area contributed by atoms with Crippen LogP contribution < -0.4 is 24.8 Å². The molecule has 0 saturated carbocycles. The van der Waals surface area contributed by atoms with Crippen molar-refractivity contribution < 1.29 is 51.0 Å². The second-order valence-corrected chi connectivity index (χ2v) is 6.05. The minimum atomic E-state index is 0. The molecule has 4 aromatic rings. The standard InChI is InChI=1S/C12H9N2.C9H13.2ClH.Zr/c1-2-5-11-9-12(8-10(11)4-1)14-7-3-6-13-14;1-6-5-7(2)9(4)8(6)3;;;/h1-9H;5H,1-4H3;2*1H;/q2*-1;;;+4/p-2. The number of rotatable bonds is 1. The van der Waals surface area contributed by atoms with Gasteiger partial charge in [-0.25, -0.2) is 0 Å². The quantitative estimate of drug-likeness (QED) is 0.344. The van der Waals surface area contributed by atoms with Gasteiger partial charge in [-0.1, -0.05) is 33.8 Å². The number of aryl methyl sites for hydroxylation is 2. The Kier molecular flexibility index (Phi) is 10.4. The van der Waals surface area contributed by atoms with Gasteiger partial charge in [0.2, 0.25) is 0 Å². The zero-order chi connectivity index (χ0) is 16.4. The summed E-state index contributed by atoms with van der Waals surface area (Å²) >= 11 is 0. The Labute approximate surface area is 187 Å². The van der Waals surface area contributed by atoms with Crippen molar-refractivity contribution in [2.24, 2.45) is 0 Å². The van der Waals surface area contributed by atoms with E-state index in [0.717, 1.165) is 5.69 Å². The monoisotopic (exact) mass is 462 g/mol. The molecule has 0 atom stereocenters. The van der Waals surface area contributed by atoms with Crippen molar-refractivity contribution in [3.05, 3.63) is 83.2 Å². The van der Waals surface area contributed by atoms with Crippen molar-refractivity contribution in [1.29, 1.82) is 0 Å². The second-order valence-electron chi connectivity index (χ2n) is 6.05. The molecule has 0 aliphatic heterocycles. The third-order valence-electron chi connectivity index (χ3n) is 4.55. The van der Waals surface area contributed by atoms with Crippen LogP contribution >= 0.6 is 0 Å². The van der Waals surface area contributed by atoms with E-state index in [1.165, 1.54) is 33.0 Å². The number of halogens is 2. The molecular weight excluding hydrogens is 442 g/mol. The molecule has 4 rings (SSSR count). The minimum absolute atomic E-state index is 0. The summed E-state index contributed by atoms with van der Waals surface area (Å²) in [5.41, 5.74) is 6.87. The number of nitrogens with zero attached hydrogens (tertiary/aromatic N) is 2. The maximum absolute atomic E-state index is 4.20. The fourth-order valence-electron chi connectivity index (χ4n) is 2.82. The van der Waals surface area contributed by atoms with E-state index in [2.05, 4.69) is 75.3 Å². The van der Waals surface area contributed by atoms with E-state index >= 15 is 0 Å². The van der Waals surface area contributed by atoms with Crippen molar-refractivity contribution in [3.63, 3.8) is 0 Å². The van der Waals surface area contributed by atoms with Crippen LogP contribution in [-0.4, -0.2) is 9.78 Å². The summed E-state index contributed by atoms with van der Waals surface area (Å²) in [6.45, 7) is 8.68. The first kappa shape index (κ1) is 24.9. The van der Waals surface area contributed by atoms with E-state index in [1.54, 1.807) is 6.20 Å². The summed E-state index contributed by atoms with van der Waals surface area (Å²) in [6, 6.07) is 16.8. The Morgan fingerprint density at radius 1 is 1.04 bits per heavy atom. The molecule has 0 saturated heterocycles. The second kappa shape index (κ2) is 10.9. The molecule has 134 valence electrons. The van der Waals surface area contributed by atoms with E-state index < -0.39 is 0 Å². The topological polar surface area (TPSA) is 17.8 Å². The number of hydrogen-bond donors (Lipinski definition) is 0. The molecule has 1 aromatic heterocycles. The summed E-state index contributed by atoms with van der Waals surface area (Å²) in [4.78, 5) is 0. The summed E-state index contributed by atoms with van der Waals surface area (Å²) < 4.78 is 1.88. The Hall–Kier alpha value is -1.15. The molecule has 0 aliphatic rings. The average Bonchev–Trinajstić information content (AvgIpc) is 3.25. The molecule has 0 amide bonds.